The van der Waals surface area contributed by atoms with E-state index in [1.54, 1.807) is 13.8 Å². The molecule has 0 heterocycles. The van der Waals surface area contributed by atoms with Crippen molar-refractivity contribution in [3.63, 3.8) is 0 Å². The maximum absolute atomic E-state index is 11.1. The Hall–Kier alpha value is -0.420. The van der Waals surface area contributed by atoms with Crippen LogP contribution in [-0.2, 0) is 14.9 Å². The molecule has 1 saturated carbocycles. The average molecular weight is 220 g/mol. The molecule has 0 saturated heterocycles. The summed E-state index contributed by atoms with van der Waals surface area (Å²) in [4.78, 5) is 11.1. The summed E-state index contributed by atoms with van der Waals surface area (Å²) in [6.45, 7) is 3.56. The van der Waals surface area contributed by atoms with Gasteiger partial charge in [0, 0.05) is 12.8 Å². The first kappa shape index (κ1) is 11.7. The Bertz CT molecular complexity index is 329. The van der Waals surface area contributed by atoms with Crippen molar-refractivity contribution < 1.29 is 17.8 Å². The van der Waals surface area contributed by atoms with Crippen molar-refractivity contribution in [1.29, 1.82) is 0 Å². The number of Topliss-reactive ketones (excluding diaryl/α,β-unsaturated/α-hetero) is 1. The molecule has 1 unspecified atom stereocenters. The molecule has 14 heavy (non-hydrogen) atoms. The molecule has 4 nitrogen and oxygen atoms in total. The van der Waals surface area contributed by atoms with Crippen LogP contribution in [0.25, 0.3) is 0 Å². The summed E-state index contributed by atoms with van der Waals surface area (Å²) in [7, 11) is -3.95. The number of carbonyl (C=O) groups is 1. The van der Waals surface area contributed by atoms with Gasteiger partial charge in [-0.25, -0.2) is 0 Å². The predicted octanol–water partition coefficient (Wildman–Crippen LogP) is 1.27. The van der Waals surface area contributed by atoms with Crippen LogP contribution in [0.15, 0.2) is 0 Å². The number of carbonyl (C=O) groups excluding carboxylic acids is 1. The molecule has 0 radical (unpaired) electrons. The Balaban J connectivity index is 2.70. The zero-order valence-electron chi connectivity index (χ0n) is 8.49. The largest absolute Gasteiger partial charge is 0.300 e. The molecular formula is C9H16O4S. The van der Waals surface area contributed by atoms with Gasteiger partial charge in [-0.2, -0.15) is 8.42 Å². The summed E-state index contributed by atoms with van der Waals surface area (Å²) in [5.74, 6) is 0.00753. The minimum atomic E-state index is -3.95. The van der Waals surface area contributed by atoms with E-state index >= 15 is 0 Å². The van der Waals surface area contributed by atoms with Crippen molar-refractivity contribution in [2.45, 2.75) is 33.1 Å². The summed E-state index contributed by atoms with van der Waals surface area (Å²) in [6, 6.07) is 0. The molecule has 1 rings (SSSR count). The zero-order valence-corrected chi connectivity index (χ0v) is 9.30. The summed E-state index contributed by atoms with van der Waals surface area (Å²) >= 11 is 0. The van der Waals surface area contributed by atoms with E-state index < -0.39 is 15.5 Å². The van der Waals surface area contributed by atoms with E-state index in [4.69, 9.17) is 4.55 Å². The molecule has 0 aromatic carbocycles. The summed E-state index contributed by atoms with van der Waals surface area (Å²) in [6.07, 6.45) is 1.73. The molecule has 1 N–H and O–H groups in total. The smallest absolute Gasteiger partial charge is 0.265 e. The second-order valence-electron chi connectivity index (χ2n) is 4.69. The SMILES string of the molecule is CC(C)(CS(=O)(=O)O)C1CCC(=O)C1. The van der Waals surface area contributed by atoms with Crippen LogP contribution in [0, 0.1) is 11.3 Å². The second-order valence-corrected chi connectivity index (χ2v) is 6.15. The Kier molecular flexibility index (Phi) is 3.02. The summed E-state index contributed by atoms with van der Waals surface area (Å²) in [5.41, 5.74) is -0.514. The minimum Gasteiger partial charge on any atom is -0.300 e. The number of ketones is 1. The van der Waals surface area contributed by atoms with Crippen LogP contribution in [-0.4, -0.2) is 24.5 Å². The van der Waals surface area contributed by atoms with Crippen molar-refractivity contribution in [3.8, 4) is 0 Å². The highest BCUT2D eigenvalue weighted by molar-refractivity contribution is 7.85. The van der Waals surface area contributed by atoms with E-state index in [0.717, 1.165) is 6.42 Å². The van der Waals surface area contributed by atoms with E-state index in [1.165, 1.54) is 0 Å². The van der Waals surface area contributed by atoms with Gasteiger partial charge in [-0.3, -0.25) is 9.35 Å². The van der Waals surface area contributed by atoms with Gasteiger partial charge in [0.15, 0.2) is 0 Å². The first-order chi connectivity index (χ1) is 6.21. The lowest BCUT2D eigenvalue weighted by atomic mass is 9.79. The molecule has 5 heteroatoms. The third-order valence-electron chi connectivity index (χ3n) is 2.91. The summed E-state index contributed by atoms with van der Waals surface area (Å²) < 4.78 is 30.3. The van der Waals surface area contributed by atoms with Crippen LogP contribution in [0.5, 0.6) is 0 Å². The Morgan fingerprint density at radius 3 is 2.43 bits per heavy atom. The van der Waals surface area contributed by atoms with E-state index in [-0.39, 0.29) is 17.5 Å². The van der Waals surface area contributed by atoms with Crippen molar-refractivity contribution in [1.82, 2.24) is 0 Å². The quantitative estimate of drug-likeness (QED) is 0.727. The van der Waals surface area contributed by atoms with Crippen LogP contribution in [0.4, 0.5) is 0 Å². The lowest BCUT2D eigenvalue weighted by Crippen LogP contribution is -2.30. The zero-order chi connectivity index (χ0) is 11.0. The maximum Gasteiger partial charge on any atom is 0.265 e. The van der Waals surface area contributed by atoms with Gasteiger partial charge in [0.2, 0.25) is 0 Å². The first-order valence-electron chi connectivity index (χ1n) is 4.67. The molecule has 1 fully saturated rings. The molecule has 1 aliphatic carbocycles. The van der Waals surface area contributed by atoms with Gasteiger partial charge in [0.25, 0.3) is 10.1 Å². The van der Waals surface area contributed by atoms with Crippen molar-refractivity contribution in [2.75, 3.05) is 5.75 Å². The maximum atomic E-state index is 11.1. The molecule has 82 valence electrons. The highest BCUT2D eigenvalue weighted by Gasteiger charge is 2.37. The molecule has 0 amide bonds. The van der Waals surface area contributed by atoms with Crippen LogP contribution in [0.3, 0.4) is 0 Å². The van der Waals surface area contributed by atoms with Gasteiger partial charge in [-0.05, 0) is 17.8 Å². The normalized spacial score (nSPS) is 24.2. The Labute approximate surface area is 84.4 Å². The summed E-state index contributed by atoms with van der Waals surface area (Å²) in [5, 5.41) is 0. The van der Waals surface area contributed by atoms with Crippen LogP contribution in [0.1, 0.15) is 33.1 Å². The van der Waals surface area contributed by atoms with E-state index in [9.17, 15) is 13.2 Å². The number of rotatable bonds is 3. The molecule has 1 aliphatic rings. The molecule has 0 spiro atoms. The third kappa shape index (κ3) is 3.06. The van der Waals surface area contributed by atoms with Crippen molar-refractivity contribution >= 4 is 15.9 Å². The van der Waals surface area contributed by atoms with Gasteiger partial charge in [-0.1, -0.05) is 13.8 Å². The number of hydrogen-bond acceptors (Lipinski definition) is 3. The monoisotopic (exact) mass is 220 g/mol. The number of hydrogen-bond donors (Lipinski definition) is 1. The Morgan fingerprint density at radius 1 is 1.50 bits per heavy atom. The highest BCUT2D eigenvalue weighted by Crippen LogP contribution is 2.38. The lowest BCUT2D eigenvalue weighted by Gasteiger charge is -2.29. The fourth-order valence-electron chi connectivity index (χ4n) is 2.07. The molecule has 0 aromatic heterocycles. The topological polar surface area (TPSA) is 71.4 Å². The average Bonchev–Trinajstić information content (AvgIpc) is 2.29. The van der Waals surface area contributed by atoms with Gasteiger partial charge < -0.3 is 0 Å². The lowest BCUT2D eigenvalue weighted by molar-refractivity contribution is -0.117. The first-order valence-corrected chi connectivity index (χ1v) is 6.28. The van der Waals surface area contributed by atoms with E-state index in [1.807, 2.05) is 0 Å². The highest BCUT2D eigenvalue weighted by atomic mass is 32.2. The van der Waals surface area contributed by atoms with Gasteiger partial charge in [0.05, 0.1) is 5.75 Å². The molecular weight excluding hydrogens is 204 g/mol. The standard InChI is InChI=1S/C9H16O4S/c1-9(2,6-14(11,12)13)7-3-4-8(10)5-7/h7H,3-6H2,1-2H3,(H,11,12,13). The fourth-order valence-corrected chi connectivity index (χ4v) is 3.25. The van der Waals surface area contributed by atoms with Crippen LogP contribution in [0.2, 0.25) is 0 Å². The van der Waals surface area contributed by atoms with Gasteiger partial charge in [-0.15, -0.1) is 0 Å². The Morgan fingerprint density at radius 2 is 2.07 bits per heavy atom. The van der Waals surface area contributed by atoms with Crippen molar-refractivity contribution in [2.24, 2.45) is 11.3 Å². The molecule has 0 aliphatic heterocycles. The fraction of sp³-hybridized carbons (Fsp3) is 0.889. The molecule has 0 aromatic rings. The second kappa shape index (κ2) is 3.62. The van der Waals surface area contributed by atoms with E-state index in [0.29, 0.717) is 12.8 Å². The van der Waals surface area contributed by atoms with Crippen LogP contribution >= 0.6 is 0 Å². The molecule has 0 bridgehead atoms. The van der Waals surface area contributed by atoms with E-state index in [2.05, 4.69) is 0 Å². The third-order valence-corrected chi connectivity index (χ3v) is 4.01. The van der Waals surface area contributed by atoms with Crippen molar-refractivity contribution in [3.05, 3.63) is 0 Å². The van der Waals surface area contributed by atoms with Crippen LogP contribution < -0.4 is 0 Å². The molecule has 1 atom stereocenters. The predicted molar refractivity (Wildman–Crippen MR) is 52.5 cm³/mol. The van der Waals surface area contributed by atoms with Gasteiger partial charge >= 0.3 is 0 Å². The van der Waals surface area contributed by atoms with Gasteiger partial charge in [0.1, 0.15) is 5.78 Å². The minimum absolute atomic E-state index is 0.0805.